The molecule has 0 spiro atoms. The monoisotopic (exact) mass is 370 g/mol. The van der Waals surface area contributed by atoms with Crippen molar-refractivity contribution in [2.24, 2.45) is 0 Å². The van der Waals surface area contributed by atoms with Crippen molar-refractivity contribution in [3.8, 4) is 5.75 Å². The number of nitrogens with zero attached hydrogens (tertiary/aromatic N) is 4. The zero-order valence-electron chi connectivity index (χ0n) is 13.9. The van der Waals surface area contributed by atoms with Crippen LogP contribution >= 0.6 is 11.6 Å². The van der Waals surface area contributed by atoms with Gasteiger partial charge in [0.1, 0.15) is 5.75 Å². The zero-order chi connectivity index (χ0) is 18.3. The molecule has 0 saturated carbocycles. The molecule has 0 aliphatic carbocycles. The maximum absolute atomic E-state index is 12.9. The van der Waals surface area contributed by atoms with Crippen LogP contribution in [-0.4, -0.2) is 27.5 Å². The van der Waals surface area contributed by atoms with E-state index in [1.807, 2.05) is 18.2 Å². The number of anilines is 1. The second kappa shape index (κ2) is 6.34. The van der Waals surface area contributed by atoms with E-state index in [0.29, 0.717) is 22.3 Å². The van der Waals surface area contributed by atoms with Crippen LogP contribution in [0.2, 0.25) is 5.02 Å². The number of methoxy groups -OCH3 is 1. The molecule has 0 unspecified atom stereocenters. The number of ether oxygens (including phenoxy) is 1. The molecular weight excluding hydrogens is 356 g/mol. The highest BCUT2D eigenvalue weighted by Crippen LogP contribution is 2.25. The number of carbonyl (C=O) groups is 1. The lowest BCUT2D eigenvalue weighted by molar-refractivity contribution is 0.244. The molecule has 0 radical (unpaired) electrons. The molecule has 1 aliphatic rings. The molecule has 0 saturated heterocycles. The fourth-order valence-corrected chi connectivity index (χ4v) is 3.17. The van der Waals surface area contributed by atoms with Gasteiger partial charge in [0, 0.05) is 10.7 Å². The van der Waals surface area contributed by atoms with Crippen molar-refractivity contribution in [1.29, 1.82) is 0 Å². The van der Waals surface area contributed by atoms with Gasteiger partial charge in [-0.15, -0.1) is 0 Å². The largest absolute Gasteiger partial charge is 0.497 e. The van der Waals surface area contributed by atoms with Gasteiger partial charge in [-0.3, -0.25) is 4.90 Å². The van der Waals surface area contributed by atoms with E-state index in [0.717, 1.165) is 5.56 Å². The van der Waals surface area contributed by atoms with Crippen molar-refractivity contribution in [1.82, 2.24) is 14.3 Å². The fourth-order valence-electron chi connectivity index (χ4n) is 2.97. The lowest BCUT2D eigenvalue weighted by Crippen LogP contribution is -2.34. The van der Waals surface area contributed by atoms with Crippen LogP contribution in [0.15, 0.2) is 53.3 Å². The molecular formula is C18H15ClN4O3. The molecule has 2 heterocycles. The Morgan fingerprint density at radius 2 is 1.85 bits per heavy atom. The van der Waals surface area contributed by atoms with E-state index in [1.165, 1.54) is 9.36 Å². The minimum Gasteiger partial charge on any atom is -0.497 e. The van der Waals surface area contributed by atoms with Crippen molar-refractivity contribution < 1.29 is 9.53 Å². The fraction of sp³-hybridized carbons (Fsp3) is 0.167. The molecule has 7 nitrogen and oxygen atoms in total. The summed E-state index contributed by atoms with van der Waals surface area (Å²) in [5, 5.41) is 0.535. The van der Waals surface area contributed by atoms with Crippen molar-refractivity contribution in [3.63, 3.8) is 0 Å². The number of hydrogen-bond donors (Lipinski definition) is 0. The van der Waals surface area contributed by atoms with Gasteiger partial charge in [0.15, 0.2) is 5.82 Å². The normalized spacial score (nSPS) is 13.2. The van der Waals surface area contributed by atoms with E-state index in [-0.39, 0.29) is 19.1 Å². The second-order valence-electron chi connectivity index (χ2n) is 5.84. The van der Waals surface area contributed by atoms with Gasteiger partial charge in [0.05, 0.1) is 20.2 Å². The maximum Gasteiger partial charge on any atom is 0.364 e. The molecule has 0 bridgehead atoms. The van der Waals surface area contributed by atoms with Crippen molar-refractivity contribution >= 4 is 23.3 Å². The number of fused-ring (bicyclic) bond motifs is 1. The molecule has 1 amide bonds. The van der Waals surface area contributed by atoms with Crippen LogP contribution in [0.4, 0.5) is 10.5 Å². The van der Waals surface area contributed by atoms with Gasteiger partial charge < -0.3 is 4.74 Å². The van der Waals surface area contributed by atoms with Crippen molar-refractivity contribution in [2.45, 2.75) is 13.1 Å². The SMILES string of the molecule is COc1ccc(N2Cc3nc(=O)n(Cc4ccccc4Cl)n3C2=O)cc1. The highest BCUT2D eigenvalue weighted by atomic mass is 35.5. The second-order valence-corrected chi connectivity index (χ2v) is 6.25. The quantitative estimate of drug-likeness (QED) is 0.708. The van der Waals surface area contributed by atoms with Gasteiger partial charge in [-0.25, -0.2) is 14.3 Å². The molecule has 1 aliphatic heterocycles. The minimum absolute atomic E-state index is 0.174. The van der Waals surface area contributed by atoms with E-state index in [2.05, 4.69) is 4.98 Å². The molecule has 3 aromatic rings. The van der Waals surface area contributed by atoms with Gasteiger partial charge in [0.2, 0.25) is 0 Å². The molecule has 2 aromatic carbocycles. The summed E-state index contributed by atoms with van der Waals surface area (Å²) in [6.45, 7) is 0.406. The van der Waals surface area contributed by atoms with Crippen LogP contribution in [0.5, 0.6) is 5.75 Å². The Kier molecular flexibility index (Phi) is 4.00. The highest BCUT2D eigenvalue weighted by Gasteiger charge is 2.33. The van der Waals surface area contributed by atoms with E-state index in [9.17, 15) is 9.59 Å². The highest BCUT2D eigenvalue weighted by molar-refractivity contribution is 6.31. The van der Waals surface area contributed by atoms with Crippen LogP contribution in [-0.2, 0) is 13.1 Å². The van der Waals surface area contributed by atoms with E-state index >= 15 is 0 Å². The van der Waals surface area contributed by atoms with E-state index in [4.69, 9.17) is 16.3 Å². The summed E-state index contributed by atoms with van der Waals surface area (Å²) in [6, 6.07) is 14.0. The van der Waals surface area contributed by atoms with Gasteiger partial charge in [-0.1, -0.05) is 29.8 Å². The Morgan fingerprint density at radius 3 is 2.54 bits per heavy atom. The predicted octanol–water partition coefficient (Wildman–Crippen LogP) is 2.74. The third kappa shape index (κ3) is 2.66. The number of rotatable bonds is 4. The number of benzene rings is 2. The summed E-state index contributed by atoms with van der Waals surface area (Å²) >= 11 is 6.18. The molecule has 132 valence electrons. The topological polar surface area (TPSA) is 69.4 Å². The summed E-state index contributed by atoms with van der Waals surface area (Å²) in [4.78, 5) is 30.7. The van der Waals surface area contributed by atoms with E-state index in [1.54, 1.807) is 42.3 Å². The van der Waals surface area contributed by atoms with Crippen molar-refractivity contribution in [2.75, 3.05) is 12.0 Å². The third-order valence-corrected chi connectivity index (χ3v) is 4.67. The lowest BCUT2D eigenvalue weighted by Gasteiger charge is -2.16. The van der Waals surface area contributed by atoms with Crippen LogP contribution < -0.4 is 15.3 Å². The Bertz CT molecular complexity index is 1040. The van der Waals surface area contributed by atoms with Crippen LogP contribution in [0.25, 0.3) is 0 Å². The first-order chi connectivity index (χ1) is 12.6. The van der Waals surface area contributed by atoms with Crippen LogP contribution in [0, 0.1) is 0 Å². The number of amides is 1. The Hall–Kier alpha value is -3.06. The summed E-state index contributed by atoms with van der Waals surface area (Å²) in [7, 11) is 1.58. The lowest BCUT2D eigenvalue weighted by atomic mass is 10.2. The Morgan fingerprint density at radius 1 is 1.12 bits per heavy atom. The summed E-state index contributed by atoms with van der Waals surface area (Å²) in [6.07, 6.45) is 0. The smallest absolute Gasteiger partial charge is 0.364 e. The first-order valence-electron chi connectivity index (χ1n) is 7.96. The molecule has 8 heteroatoms. The molecule has 0 fully saturated rings. The van der Waals surface area contributed by atoms with Crippen molar-refractivity contribution in [3.05, 3.63) is 75.4 Å². The minimum atomic E-state index is -0.470. The zero-order valence-corrected chi connectivity index (χ0v) is 14.7. The maximum atomic E-state index is 12.9. The standard InChI is InChI=1S/C18H15ClN4O3/c1-26-14-8-6-13(7-9-14)21-11-16-20-17(24)22(23(16)18(21)25)10-12-4-2-3-5-15(12)19/h2-9H,10-11H2,1H3. The Labute approximate surface area is 154 Å². The summed E-state index contributed by atoms with van der Waals surface area (Å²) in [5.74, 6) is 1.11. The van der Waals surface area contributed by atoms with Crippen LogP contribution in [0.1, 0.15) is 11.4 Å². The van der Waals surface area contributed by atoms with Gasteiger partial charge in [-0.05, 0) is 35.9 Å². The van der Waals surface area contributed by atoms with Gasteiger partial charge in [-0.2, -0.15) is 9.67 Å². The predicted molar refractivity (Wildman–Crippen MR) is 97.0 cm³/mol. The molecule has 4 rings (SSSR count). The molecule has 0 N–H and O–H groups in total. The first-order valence-corrected chi connectivity index (χ1v) is 8.34. The number of aromatic nitrogens is 3. The average Bonchev–Trinajstić information content (AvgIpc) is 3.13. The first kappa shape index (κ1) is 16.4. The number of halogens is 1. The molecule has 26 heavy (non-hydrogen) atoms. The molecule has 1 aromatic heterocycles. The average molecular weight is 371 g/mol. The number of carbonyl (C=O) groups excluding carboxylic acids is 1. The molecule has 0 atom stereocenters. The van der Waals surface area contributed by atoms with E-state index < -0.39 is 5.69 Å². The van der Waals surface area contributed by atoms with Gasteiger partial charge >= 0.3 is 11.7 Å². The van der Waals surface area contributed by atoms with Crippen LogP contribution in [0.3, 0.4) is 0 Å². The summed E-state index contributed by atoms with van der Waals surface area (Å²) in [5.41, 5.74) is 0.982. The number of hydrogen-bond acceptors (Lipinski definition) is 4. The summed E-state index contributed by atoms with van der Waals surface area (Å²) < 4.78 is 7.76. The van der Waals surface area contributed by atoms with Gasteiger partial charge in [0.25, 0.3) is 0 Å². The third-order valence-electron chi connectivity index (χ3n) is 4.31. The Balaban J connectivity index is 1.68.